The first-order valence-electron chi connectivity index (χ1n) is 7.99. The molecule has 0 unspecified atom stereocenters. The zero-order valence-electron chi connectivity index (χ0n) is 13.4. The van der Waals surface area contributed by atoms with Crippen molar-refractivity contribution in [3.05, 3.63) is 29.8 Å². The molecule has 0 radical (unpaired) electrons. The molecule has 0 saturated carbocycles. The molecule has 5 heteroatoms. The summed E-state index contributed by atoms with van der Waals surface area (Å²) in [6.07, 6.45) is 2.41. The zero-order chi connectivity index (χ0) is 15.9. The van der Waals surface area contributed by atoms with E-state index >= 15 is 0 Å². The van der Waals surface area contributed by atoms with Crippen molar-refractivity contribution in [3.63, 3.8) is 0 Å². The Hall–Kier alpha value is -2.04. The number of hydrogen-bond acceptors (Lipinski definition) is 2. The lowest BCUT2D eigenvalue weighted by Crippen LogP contribution is -2.33. The largest absolute Gasteiger partial charge is 0.343 e. The first kappa shape index (κ1) is 16.3. The van der Waals surface area contributed by atoms with Crippen LogP contribution in [0.2, 0.25) is 0 Å². The second-order valence-corrected chi connectivity index (χ2v) is 5.96. The van der Waals surface area contributed by atoms with Crippen LogP contribution in [0.5, 0.6) is 0 Å². The van der Waals surface area contributed by atoms with Gasteiger partial charge in [-0.2, -0.15) is 0 Å². The molecule has 1 aliphatic rings. The first-order chi connectivity index (χ1) is 10.6. The number of hydrogen-bond donors (Lipinski definition) is 2. The van der Waals surface area contributed by atoms with E-state index in [-0.39, 0.29) is 11.9 Å². The Labute approximate surface area is 132 Å². The van der Waals surface area contributed by atoms with Crippen LogP contribution < -0.4 is 10.6 Å². The molecule has 22 heavy (non-hydrogen) atoms. The molecule has 2 N–H and O–H groups in total. The normalized spacial score (nSPS) is 14.5. The third kappa shape index (κ3) is 4.48. The molecule has 2 rings (SSSR count). The zero-order valence-corrected chi connectivity index (χ0v) is 13.4. The van der Waals surface area contributed by atoms with Gasteiger partial charge in [-0.15, -0.1) is 0 Å². The van der Waals surface area contributed by atoms with Gasteiger partial charge in [0.25, 0.3) is 0 Å². The van der Waals surface area contributed by atoms with Crippen molar-refractivity contribution in [1.82, 2.24) is 10.2 Å². The molecular weight excluding hydrogens is 278 g/mol. The Morgan fingerprint density at radius 3 is 2.77 bits per heavy atom. The molecule has 0 spiro atoms. The molecule has 120 valence electrons. The van der Waals surface area contributed by atoms with Crippen molar-refractivity contribution < 1.29 is 9.59 Å². The molecule has 0 aliphatic carbocycles. The number of likely N-dealkylation sites (tertiary alicyclic amines) is 1. The summed E-state index contributed by atoms with van der Waals surface area (Å²) >= 11 is 0. The molecule has 0 aromatic heterocycles. The maximum atomic E-state index is 11.9. The summed E-state index contributed by atoms with van der Waals surface area (Å²) in [6, 6.07) is 7.64. The lowest BCUT2D eigenvalue weighted by Gasteiger charge is -2.16. The van der Waals surface area contributed by atoms with Crippen LogP contribution >= 0.6 is 0 Å². The van der Waals surface area contributed by atoms with E-state index in [4.69, 9.17) is 0 Å². The molecular formula is C17H25N3O2. The minimum Gasteiger partial charge on any atom is -0.343 e. The van der Waals surface area contributed by atoms with Gasteiger partial charge >= 0.3 is 6.03 Å². The minimum absolute atomic E-state index is 0.194. The Balaban J connectivity index is 1.73. The number of carbonyl (C=O) groups excluding carboxylic acids is 2. The van der Waals surface area contributed by atoms with E-state index in [2.05, 4.69) is 24.5 Å². The Morgan fingerprint density at radius 1 is 1.32 bits per heavy atom. The second-order valence-electron chi connectivity index (χ2n) is 5.96. The molecule has 0 atom stereocenters. The van der Waals surface area contributed by atoms with Gasteiger partial charge in [-0.05, 0) is 30.4 Å². The van der Waals surface area contributed by atoms with E-state index in [1.165, 1.54) is 0 Å². The van der Waals surface area contributed by atoms with E-state index in [1.807, 2.05) is 29.2 Å². The van der Waals surface area contributed by atoms with E-state index < -0.39 is 0 Å². The lowest BCUT2D eigenvalue weighted by molar-refractivity contribution is -0.127. The van der Waals surface area contributed by atoms with Gasteiger partial charge in [0.2, 0.25) is 5.91 Å². The number of nitrogens with zero attached hydrogens (tertiary/aromatic N) is 1. The van der Waals surface area contributed by atoms with Crippen molar-refractivity contribution in [1.29, 1.82) is 0 Å². The second kappa shape index (κ2) is 7.82. The van der Waals surface area contributed by atoms with Gasteiger partial charge in [-0.3, -0.25) is 4.79 Å². The average Bonchev–Trinajstić information content (AvgIpc) is 2.89. The van der Waals surface area contributed by atoms with E-state index in [9.17, 15) is 9.59 Å². The van der Waals surface area contributed by atoms with Crippen molar-refractivity contribution in [3.8, 4) is 0 Å². The summed E-state index contributed by atoms with van der Waals surface area (Å²) in [4.78, 5) is 25.3. The topological polar surface area (TPSA) is 61.4 Å². The highest BCUT2D eigenvalue weighted by Crippen LogP contribution is 2.23. The molecule has 3 amide bonds. The van der Waals surface area contributed by atoms with Crippen LogP contribution in [-0.2, 0) is 4.79 Å². The fraction of sp³-hybridized carbons (Fsp3) is 0.529. The number of anilines is 1. The predicted octanol–water partition coefficient (Wildman–Crippen LogP) is 2.94. The Kier molecular flexibility index (Phi) is 5.81. The molecule has 1 aromatic carbocycles. The Morgan fingerprint density at radius 2 is 2.09 bits per heavy atom. The van der Waals surface area contributed by atoms with Crippen molar-refractivity contribution in [2.75, 3.05) is 25.0 Å². The summed E-state index contributed by atoms with van der Waals surface area (Å²) < 4.78 is 0. The van der Waals surface area contributed by atoms with Crippen LogP contribution in [0, 0.1) is 0 Å². The van der Waals surface area contributed by atoms with Gasteiger partial charge in [0.05, 0.1) is 0 Å². The third-order valence-electron chi connectivity index (χ3n) is 3.89. The smallest absolute Gasteiger partial charge is 0.319 e. The Bertz CT molecular complexity index is 528. The number of urea groups is 1. The predicted molar refractivity (Wildman–Crippen MR) is 88.0 cm³/mol. The minimum atomic E-state index is -0.194. The maximum absolute atomic E-state index is 11.9. The highest BCUT2D eigenvalue weighted by Gasteiger charge is 2.19. The van der Waals surface area contributed by atoms with E-state index in [1.54, 1.807) is 0 Å². The summed E-state index contributed by atoms with van der Waals surface area (Å²) in [6.45, 7) is 6.35. The first-order valence-corrected chi connectivity index (χ1v) is 7.99. The van der Waals surface area contributed by atoms with Crippen LogP contribution in [-0.4, -0.2) is 36.5 Å². The van der Waals surface area contributed by atoms with Gasteiger partial charge in [0, 0.05) is 31.7 Å². The monoisotopic (exact) mass is 303 g/mol. The SMILES string of the molecule is CC(C)c1ccccc1NC(=O)NCCCN1CCCC1=O. The van der Waals surface area contributed by atoms with Gasteiger partial charge in [-0.25, -0.2) is 4.79 Å². The van der Waals surface area contributed by atoms with Crippen LogP contribution in [0.25, 0.3) is 0 Å². The van der Waals surface area contributed by atoms with Crippen molar-refractivity contribution >= 4 is 17.6 Å². The fourth-order valence-corrected chi connectivity index (χ4v) is 2.69. The summed E-state index contributed by atoms with van der Waals surface area (Å²) in [5.41, 5.74) is 1.98. The van der Waals surface area contributed by atoms with Gasteiger partial charge < -0.3 is 15.5 Å². The highest BCUT2D eigenvalue weighted by atomic mass is 16.2. The number of carbonyl (C=O) groups is 2. The number of para-hydroxylation sites is 1. The number of benzene rings is 1. The van der Waals surface area contributed by atoms with Crippen LogP contribution in [0.1, 0.15) is 44.6 Å². The fourth-order valence-electron chi connectivity index (χ4n) is 2.69. The van der Waals surface area contributed by atoms with Crippen LogP contribution in [0.4, 0.5) is 10.5 Å². The van der Waals surface area contributed by atoms with Crippen molar-refractivity contribution in [2.24, 2.45) is 0 Å². The van der Waals surface area contributed by atoms with E-state index in [0.29, 0.717) is 18.9 Å². The molecule has 1 heterocycles. The molecule has 5 nitrogen and oxygen atoms in total. The lowest BCUT2D eigenvalue weighted by atomic mass is 10.0. The summed E-state index contributed by atoms with van der Waals surface area (Å²) in [7, 11) is 0. The summed E-state index contributed by atoms with van der Waals surface area (Å²) in [5, 5.41) is 5.75. The number of rotatable bonds is 6. The molecule has 0 bridgehead atoms. The average molecular weight is 303 g/mol. The number of amides is 3. The van der Waals surface area contributed by atoms with Crippen molar-refractivity contribution in [2.45, 2.75) is 39.0 Å². The van der Waals surface area contributed by atoms with Gasteiger partial charge in [0.15, 0.2) is 0 Å². The third-order valence-corrected chi connectivity index (χ3v) is 3.89. The molecule has 1 fully saturated rings. The van der Waals surface area contributed by atoms with Gasteiger partial charge in [0.1, 0.15) is 0 Å². The molecule has 1 aliphatic heterocycles. The van der Waals surface area contributed by atoms with Crippen LogP contribution in [0.3, 0.4) is 0 Å². The molecule has 1 aromatic rings. The van der Waals surface area contributed by atoms with E-state index in [0.717, 1.165) is 37.2 Å². The molecule has 1 saturated heterocycles. The quantitative estimate of drug-likeness (QED) is 0.794. The van der Waals surface area contributed by atoms with Crippen LogP contribution in [0.15, 0.2) is 24.3 Å². The standard InChI is InChI=1S/C17H25N3O2/c1-13(2)14-7-3-4-8-15(14)19-17(22)18-10-6-12-20-11-5-9-16(20)21/h3-4,7-8,13H,5-6,9-12H2,1-2H3,(H2,18,19,22). The maximum Gasteiger partial charge on any atom is 0.319 e. The van der Waals surface area contributed by atoms with Gasteiger partial charge in [-0.1, -0.05) is 32.0 Å². The summed E-state index contributed by atoms with van der Waals surface area (Å²) in [5.74, 6) is 0.591. The number of nitrogens with one attached hydrogen (secondary N) is 2. The highest BCUT2D eigenvalue weighted by molar-refractivity contribution is 5.90.